The molecule has 0 amide bonds. The summed E-state index contributed by atoms with van der Waals surface area (Å²) in [6.07, 6.45) is 29.2. The number of hydrogen-bond donors (Lipinski definition) is 0. The van der Waals surface area contributed by atoms with Crippen LogP contribution in [0.5, 0.6) is 0 Å². The molecule has 194 valence electrons. The Labute approximate surface area is 214 Å². The first-order valence-corrected chi connectivity index (χ1v) is 14.7. The standard InChI is InChI=1S/C31H49N3O/c1-2-3-4-13-22-35-23-14-12-16-29-21-20-28(24-32-29)31-26-33-30(25-34-31)17-11-9-7-5-6-8-10-15-27-18-19-27/h20-21,24-27H,2-19,22-23H2,1H3. The molecule has 1 saturated carbocycles. The van der Waals surface area contributed by atoms with Crippen LogP contribution < -0.4 is 0 Å². The van der Waals surface area contributed by atoms with Crippen LogP contribution >= 0.6 is 0 Å². The molecule has 0 atom stereocenters. The number of aromatic nitrogens is 3. The van der Waals surface area contributed by atoms with Crippen LogP contribution in [0.25, 0.3) is 11.3 Å². The van der Waals surface area contributed by atoms with Crippen molar-refractivity contribution in [3.05, 3.63) is 42.1 Å². The molecule has 0 bridgehead atoms. The predicted octanol–water partition coefficient (Wildman–Crippen LogP) is 8.53. The molecule has 0 spiro atoms. The molecule has 0 radical (unpaired) electrons. The van der Waals surface area contributed by atoms with Crippen LogP contribution in [0, 0.1) is 5.92 Å². The van der Waals surface area contributed by atoms with Gasteiger partial charge in [0, 0.05) is 36.9 Å². The molecule has 3 rings (SSSR count). The number of ether oxygens (including phenoxy) is 1. The van der Waals surface area contributed by atoms with Gasteiger partial charge in [-0.25, -0.2) is 0 Å². The van der Waals surface area contributed by atoms with Gasteiger partial charge in [0.1, 0.15) is 0 Å². The van der Waals surface area contributed by atoms with E-state index >= 15 is 0 Å². The molecule has 1 aliphatic carbocycles. The van der Waals surface area contributed by atoms with Gasteiger partial charge < -0.3 is 4.74 Å². The Balaban J connectivity index is 1.22. The van der Waals surface area contributed by atoms with Gasteiger partial charge in [0.15, 0.2) is 0 Å². The summed E-state index contributed by atoms with van der Waals surface area (Å²) in [5.41, 5.74) is 4.21. The zero-order valence-corrected chi connectivity index (χ0v) is 22.4. The second-order valence-electron chi connectivity index (χ2n) is 10.5. The molecule has 0 aromatic carbocycles. The van der Waals surface area contributed by atoms with Crippen molar-refractivity contribution >= 4 is 0 Å². The van der Waals surface area contributed by atoms with Crippen LogP contribution in [0.1, 0.15) is 121 Å². The fraction of sp³-hybridized carbons (Fsp3) is 0.710. The topological polar surface area (TPSA) is 47.9 Å². The van der Waals surface area contributed by atoms with Crippen molar-refractivity contribution in [1.29, 1.82) is 0 Å². The zero-order chi connectivity index (χ0) is 24.4. The van der Waals surface area contributed by atoms with E-state index in [-0.39, 0.29) is 0 Å². The van der Waals surface area contributed by atoms with Crippen molar-refractivity contribution in [2.45, 2.75) is 122 Å². The van der Waals surface area contributed by atoms with E-state index in [0.717, 1.165) is 67.5 Å². The van der Waals surface area contributed by atoms with E-state index in [2.05, 4.69) is 34.0 Å². The Morgan fingerprint density at radius 3 is 2.00 bits per heavy atom. The number of hydrogen-bond acceptors (Lipinski definition) is 4. The molecule has 0 N–H and O–H groups in total. The zero-order valence-electron chi connectivity index (χ0n) is 22.4. The predicted molar refractivity (Wildman–Crippen MR) is 147 cm³/mol. The highest BCUT2D eigenvalue weighted by Gasteiger charge is 2.19. The van der Waals surface area contributed by atoms with Gasteiger partial charge in [-0.05, 0) is 56.6 Å². The van der Waals surface area contributed by atoms with Crippen molar-refractivity contribution in [2.24, 2.45) is 5.92 Å². The molecule has 4 heteroatoms. The number of pyridine rings is 1. The molecule has 1 fully saturated rings. The Morgan fingerprint density at radius 2 is 1.31 bits per heavy atom. The lowest BCUT2D eigenvalue weighted by molar-refractivity contribution is 0.126. The molecular formula is C31H49N3O. The van der Waals surface area contributed by atoms with Crippen LogP contribution in [-0.2, 0) is 17.6 Å². The van der Waals surface area contributed by atoms with Gasteiger partial charge in [0.05, 0.1) is 17.6 Å². The molecule has 4 nitrogen and oxygen atoms in total. The minimum atomic E-state index is 0.868. The van der Waals surface area contributed by atoms with Crippen molar-refractivity contribution in [1.82, 2.24) is 15.0 Å². The van der Waals surface area contributed by atoms with Gasteiger partial charge in [-0.2, -0.15) is 0 Å². The number of aryl methyl sites for hydroxylation is 2. The molecule has 2 aromatic rings. The minimum Gasteiger partial charge on any atom is -0.381 e. The highest BCUT2D eigenvalue weighted by atomic mass is 16.5. The summed E-state index contributed by atoms with van der Waals surface area (Å²) >= 11 is 0. The average molecular weight is 480 g/mol. The second kappa shape index (κ2) is 17.6. The van der Waals surface area contributed by atoms with E-state index < -0.39 is 0 Å². The fourth-order valence-corrected chi connectivity index (χ4v) is 4.63. The monoisotopic (exact) mass is 479 g/mol. The summed E-state index contributed by atoms with van der Waals surface area (Å²) in [4.78, 5) is 14.0. The van der Waals surface area contributed by atoms with Gasteiger partial charge in [-0.15, -0.1) is 0 Å². The third-order valence-corrected chi connectivity index (χ3v) is 7.18. The first-order chi connectivity index (χ1) is 17.3. The Hall–Kier alpha value is -1.81. The van der Waals surface area contributed by atoms with Crippen molar-refractivity contribution in [3.8, 4) is 11.3 Å². The highest BCUT2D eigenvalue weighted by molar-refractivity contribution is 5.56. The highest BCUT2D eigenvalue weighted by Crippen LogP contribution is 2.34. The maximum absolute atomic E-state index is 5.73. The van der Waals surface area contributed by atoms with Crippen molar-refractivity contribution < 1.29 is 4.74 Å². The summed E-state index contributed by atoms with van der Waals surface area (Å²) in [6.45, 7) is 4.02. The number of unbranched alkanes of at least 4 members (excludes halogenated alkanes) is 10. The van der Waals surface area contributed by atoms with Crippen LogP contribution in [0.2, 0.25) is 0 Å². The average Bonchev–Trinajstić information content (AvgIpc) is 3.72. The van der Waals surface area contributed by atoms with E-state index in [1.165, 1.54) is 89.9 Å². The van der Waals surface area contributed by atoms with Crippen molar-refractivity contribution in [3.63, 3.8) is 0 Å². The second-order valence-corrected chi connectivity index (χ2v) is 10.5. The van der Waals surface area contributed by atoms with E-state index in [4.69, 9.17) is 4.74 Å². The van der Waals surface area contributed by atoms with Gasteiger partial charge >= 0.3 is 0 Å². The lowest BCUT2D eigenvalue weighted by atomic mass is 10.1. The number of nitrogens with zero attached hydrogens (tertiary/aromatic N) is 3. The molecule has 2 heterocycles. The molecule has 0 saturated heterocycles. The fourth-order valence-electron chi connectivity index (χ4n) is 4.63. The quantitative estimate of drug-likeness (QED) is 0.168. The van der Waals surface area contributed by atoms with Gasteiger partial charge in [0.2, 0.25) is 0 Å². The number of rotatable bonds is 21. The summed E-state index contributed by atoms with van der Waals surface area (Å²) in [6, 6.07) is 4.25. The molecular weight excluding hydrogens is 430 g/mol. The van der Waals surface area contributed by atoms with Crippen LogP contribution in [0.15, 0.2) is 30.7 Å². The van der Waals surface area contributed by atoms with E-state index in [0.29, 0.717) is 0 Å². The lowest BCUT2D eigenvalue weighted by Gasteiger charge is -2.06. The van der Waals surface area contributed by atoms with Gasteiger partial charge in [-0.3, -0.25) is 15.0 Å². The molecule has 0 aliphatic heterocycles. The first kappa shape index (κ1) is 27.8. The summed E-state index contributed by atoms with van der Waals surface area (Å²) in [7, 11) is 0. The van der Waals surface area contributed by atoms with E-state index in [1.807, 2.05) is 18.6 Å². The maximum atomic E-state index is 5.73. The van der Waals surface area contributed by atoms with Crippen LogP contribution in [-0.4, -0.2) is 28.2 Å². The van der Waals surface area contributed by atoms with Crippen molar-refractivity contribution in [2.75, 3.05) is 13.2 Å². The lowest BCUT2D eigenvalue weighted by Crippen LogP contribution is -1.99. The van der Waals surface area contributed by atoms with E-state index in [1.54, 1.807) is 0 Å². The summed E-state index contributed by atoms with van der Waals surface area (Å²) in [5.74, 6) is 1.10. The molecule has 35 heavy (non-hydrogen) atoms. The van der Waals surface area contributed by atoms with Gasteiger partial charge in [0.25, 0.3) is 0 Å². The summed E-state index contributed by atoms with van der Waals surface area (Å²) in [5, 5.41) is 0. The third kappa shape index (κ3) is 12.6. The molecule has 0 unspecified atom stereocenters. The summed E-state index contributed by atoms with van der Waals surface area (Å²) < 4.78 is 5.73. The van der Waals surface area contributed by atoms with Crippen LogP contribution in [0.4, 0.5) is 0 Å². The SMILES string of the molecule is CCCCCCOCCCCc1ccc(-c2cnc(CCCCCCCCCC3CC3)cn2)cn1. The van der Waals surface area contributed by atoms with Gasteiger partial charge in [-0.1, -0.05) is 84.0 Å². The Bertz CT molecular complexity index is 771. The third-order valence-electron chi connectivity index (χ3n) is 7.18. The first-order valence-electron chi connectivity index (χ1n) is 14.7. The Kier molecular flexibility index (Phi) is 14.0. The molecule has 2 aromatic heterocycles. The molecule has 1 aliphatic rings. The Morgan fingerprint density at radius 1 is 0.657 bits per heavy atom. The van der Waals surface area contributed by atoms with Crippen LogP contribution in [0.3, 0.4) is 0 Å². The minimum absolute atomic E-state index is 0.868. The normalized spacial score (nSPS) is 13.4. The smallest absolute Gasteiger partial charge is 0.0900 e. The van der Waals surface area contributed by atoms with E-state index in [9.17, 15) is 0 Å². The largest absolute Gasteiger partial charge is 0.381 e. The maximum Gasteiger partial charge on any atom is 0.0900 e.